The highest BCUT2D eigenvalue weighted by atomic mass is 32.2. The number of benzene rings is 1. The van der Waals surface area contributed by atoms with Gasteiger partial charge in [0.05, 0.1) is 0 Å². The molecule has 1 aromatic carbocycles. The van der Waals surface area contributed by atoms with Gasteiger partial charge in [0.2, 0.25) is 0 Å². The molecule has 0 aliphatic carbocycles. The lowest BCUT2D eigenvalue weighted by molar-refractivity contribution is 0.262. The molecule has 22 heavy (non-hydrogen) atoms. The van der Waals surface area contributed by atoms with E-state index in [-0.39, 0.29) is 5.54 Å². The smallest absolute Gasteiger partial charge is 0.196 e. The minimum absolute atomic E-state index is 0.349. The molecule has 0 spiro atoms. The normalized spacial score (nSPS) is 24.9. The van der Waals surface area contributed by atoms with E-state index in [0.29, 0.717) is 13.1 Å². The maximum absolute atomic E-state index is 12.5. The van der Waals surface area contributed by atoms with E-state index in [1.54, 1.807) is 0 Å². The fourth-order valence-corrected chi connectivity index (χ4v) is 4.33. The van der Waals surface area contributed by atoms with Crippen LogP contribution in [0.5, 0.6) is 0 Å². The number of allylic oxidation sites excluding steroid dienone is 2. The summed E-state index contributed by atoms with van der Waals surface area (Å²) in [6.45, 7) is 7.13. The highest BCUT2D eigenvalue weighted by Crippen LogP contribution is 2.26. The van der Waals surface area contributed by atoms with Crippen LogP contribution in [-0.2, 0) is 16.8 Å². The van der Waals surface area contributed by atoms with Crippen LogP contribution in [0.3, 0.4) is 0 Å². The number of rotatable bonds is 5. The van der Waals surface area contributed by atoms with Gasteiger partial charge < -0.3 is 0 Å². The van der Waals surface area contributed by atoms with Gasteiger partial charge in [-0.2, -0.15) is 17.4 Å². The van der Waals surface area contributed by atoms with Crippen molar-refractivity contribution in [3.63, 3.8) is 0 Å². The summed E-state index contributed by atoms with van der Waals surface area (Å²) in [7, 11) is -3.42. The highest BCUT2D eigenvalue weighted by molar-refractivity contribution is 7.87. The molecule has 0 saturated carbocycles. The molecule has 4 nitrogen and oxygen atoms in total. The van der Waals surface area contributed by atoms with Gasteiger partial charge >= 0.3 is 0 Å². The zero-order valence-electron chi connectivity index (χ0n) is 13.7. The summed E-state index contributed by atoms with van der Waals surface area (Å²) in [5, 5.41) is 0. The van der Waals surface area contributed by atoms with Crippen LogP contribution in [0.2, 0.25) is 0 Å². The molecule has 1 aromatic rings. The Balaban J connectivity index is 2.01. The van der Waals surface area contributed by atoms with Crippen molar-refractivity contribution in [1.82, 2.24) is 9.03 Å². The van der Waals surface area contributed by atoms with Crippen LogP contribution in [0.1, 0.15) is 45.6 Å². The second-order valence-electron chi connectivity index (χ2n) is 6.56. The molecule has 1 N–H and O–H groups in total. The first-order valence-corrected chi connectivity index (χ1v) is 9.21. The summed E-state index contributed by atoms with van der Waals surface area (Å²) < 4.78 is 29.4. The van der Waals surface area contributed by atoms with Crippen molar-refractivity contribution >= 4 is 10.2 Å². The molecular formula is C17H26N2O2S. The van der Waals surface area contributed by atoms with Crippen LogP contribution < -0.4 is 4.72 Å². The topological polar surface area (TPSA) is 49.4 Å². The summed E-state index contributed by atoms with van der Waals surface area (Å²) in [4.78, 5) is 0. The van der Waals surface area contributed by atoms with Crippen molar-refractivity contribution in [2.75, 3.05) is 6.54 Å². The number of nitrogens with one attached hydrogen (secondary N) is 1. The number of hydrogen-bond acceptors (Lipinski definition) is 2. The third-order valence-electron chi connectivity index (χ3n) is 4.08. The van der Waals surface area contributed by atoms with Crippen LogP contribution in [0.25, 0.3) is 0 Å². The average Bonchev–Trinajstić information content (AvgIpc) is 2.42. The largest absolute Gasteiger partial charge is 0.280 e. The van der Waals surface area contributed by atoms with E-state index >= 15 is 0 Å². The van der Waals surface area contributed by atoms with E-state index in [0.717, 1.165) is 24.8 Å². The lowest BCUT2D eigenvalue weighted by Crippen LogP contribution is -2.58. The Kier molecular flexibility index (Phi) is 5.42. The Bertz CT molecular complexity index is 621. The van der Waals surface area contributed by atoms with E-state index in [1.807, 2.05) is 37.3 Å². The number of nitrogens with zero attached hydrogens (tertiary/aromatic N) is 1. The van der Waals surface area contributed by atoms with Crippen molar-refractivity contribution in [3.8, 4) is 0 Å². The molecule has 1 aliphatic heterocycles. The summed E-state index contributed by atoms with van der Waals surface area (Å²) in [6, 6.07) is 9.72. The second kappa shape index (κ2) is 6.94. The molecule has 0 radical (unpaired) electrons. The molecule has 0 aromatic heterocycles. The van der Waals surface area contributed by atoms with E-state index in [4.69, 9.17) is 0 Å². The Morgan fingerprint density at radius 2 is 2.00 bits per heavy atom. The maximum Gasteiger partial charge on any atom is 0.280 e. The molecule has 1 atom stereocenters. The Morgan fingerprint density at radius 1 is 1.32 bits per heavy atom. The van der Waals surface area contributed by atoms with Gasteiger partial charge in [-0.1, -0.05) is 42.0 Å². The standard InChI is InChI=1S/C17H26N2O2S/c1-15(2)8-7-11-17(3)12-13-19(22(20,21)18-17)14-16-9-5-4-6-10-16/h4-6,8-10,18H,7,11-14H2,1-3H3/t17-/m0/s1. The SMILES string of the molecule is CC(C)=CCC[C@@]1(C)CCN(Cc2ccccc2)S(=O)(=O)N1. The molecule has 122 valence electrons. The van der Waals surface area contributed by atoms with Crippen LogP contribution in [0.4, 0.5) is 0 Å². The molecule has 0 unspecified atom stereocenters. The average molecular weight is 322 g/mol. The lowest BCUT2D eigenvalue weighted by atomic mass is 9.92. The molecule has 0 amide bonds. The van der Waals surface area contributed by atoms with Crippen LogP contribution in [0, 0.1) is 0 Å². The van der Waals surface area contributed by atoms with Gasteiger partial charge in [0, 0.05) is 18.6 Å². The van der Waals surface area contributed by atoms with E-state index in [9.17, 15) is 8.42 Å². The second-order valence-corrected chi connectivity index (χ2v) is 8.23. The first-order valence-electron chi connectivity index (χ1n) is 7.77. The fraction of sp³-hybridized carbons (Fsp3) is 0.529. The first-order chi connectivity index (χ1) is 10.3. The van der Waals surface area contributed by atoms with Crippen LogP contribution in [-0.4, -0.2) is 24.8 Å². The van der Waals surface area contributed by atoms with Gasteiger partial charge in [0.25, 0.3) is 10.2 Å². The summed E-state index contributed by atoms with van der Waals surface area (Å²) in [5.41, 5.74) is 1.94. The summed E-state index contributed by atoms with van der Waals surface area (Å²) >= 11 is 0. The van der Waals surface area contributed by atoms with Crippen molar-refractivity contribution in [1.29, 1.82) is 0 Å². The molecule has 0 bridgehead atoms. The predicted molar refractivity (Wildman–Crippen MR) is 90.6 cm³/mol. The van der Waals surface area contributed by atoms with Crippen molar-refractivity contribution in [2.45, 2.75) is 52.1 Å². The van der Waals surface area contributed by atoms with Gasteiger partial charge in [0.15, 0.2) is 0 Å². The zero-order chi connectivity index (χ0) is 16.2. The molecule has 1 fully saturated rings. The Hall–Kier alpha value is -1.17. The van der Waals surface area contributed by atoms with Gasteiger partial charge in [-0.3, -0.25) is 0 Å². The van der Waals surface area contributed by atoms with Crippen molar-refractivity contribution in [3.05, 3.63) is 47.5 Å². The minimum Gasteiger partial charge on any atom is -0.196 e. The van der Waals surface area contributed by atoms with E-state index < -0.39 is 10.2 Å². The molecule has 1 saturated heterocycles. The van der Waals surface area contributed by atoms with E-state index in [1.165, 1.54) is 9.88 Å². The molecule has 1 heterocycles. The summed E-state index contributed by atoms with van der Waals surface area (Å²) in [6.07, 6.45) is 4.72. The van der Waals surface area contributed by atoms with Crippen LogP contribution in [0.15, 0.2) is 42.0 Å². The van der Waals surface area contributed by atoms with Gasteiger partial charge in [-0.25, -0.2) is 0 Å². The molecule has 2 rings (SSSR count). The number of hydrogen-bond donors (Lipinski definition) is 1. The van der Waals surface area contributed by atoms with Crippen molar-refractivity contribution < 1.29 is 8.42 Å². The lowest BCUT2D eigenvalue weighted by Gasteiger charge is -2.39. The maximum atomic E-state index is 12.5. The highest BCUT2D eigenvalue weighted by Gasteiger charge is 2.38. The van der Waals surface area contributed by atoms with Gasteiger partial charge in [-0.05, 0) is 45.6 Å². The van der Waals surface area contributed by atoms with Crippen LogP contribution >= 0.6 is 0 Å². The Morgan fingerprint density at radius 3 is 2.59 bits per heavy atom. The molecule has 1 aliphatic rings. The van der Waals surface area contributed by atoms with Crippen molar-refractivity contribution in [2.24, 2.45) is 0 Å². The third kappa shape index (κ3) is 4.66. The Labute approximate surface area is 134 Å². The minimum atomic E-state index is -3.42. The molecule has 5 heteroatoms. The zero-order valence-corrected chi connectivity index (χ0v) is 14.5. The predicted octanol–water partition coefficient (Wildman–Crippen LogP) is 3.23. The summed E-state index contributed by atoms with van der Waals surface area (Å²) in [5.74, 6) is 0. The van der Waals surface area contributed by atoms with E-state index in [2.05, 4.69) is 24.6 Å². The quantitative estimate of drug-likeness (QED) is 0.846. The molecular weight excluding hydrogens is 296 g/mol. The van der Waals surface area contributed by atoms with Gasteiger partial charge in [-0.15, -0.1) is 0 Å². The monoisotopic (exact) mass is 322 g/mol. The third-order valence-corrected chi connectivity index (χ3v) is 5.82. The first kappa shape index (κ1) is 17.2. The van der Waals surface area contributed by atoms with Gasteiger partial charge in [0.1, 0.15) is 0 Å². The fourth-order valence-electron chi connectivity index (χ4n) is 2.73.